The molecule has 0 fully saturated rings. The molecule has 0 unspecified atom stereocenters. The van der Waals surface area contributed by atoms with E-state index in [1.54, 1.807) is 0 Å². The van der Waals surface area contributed by atoms with Crippen LogP contribution in [0.15, 0.2) is 35.2 Å². The molecule has 0 aliphatic carbocycles. The van der Waals surface area contributed by atoms with Gasteiger partial charge in [-0.2, -0.15) is 0 Å². The van der Waals surface area contributed by atoms with Crippen molar-refractivity contribution in [2.45, 2.75) is 17.7 Å². The number of methoxy groups -OCH3 is 1. The summed E-state index contributed by atoms with van der Waals surface area (Å²) in [6.45, 7) is 0. The third-order valence-corrected chi connectivity index (χ3v) is 2.68. The molecule has 1 aromatic carbocycles. The lowest BCUT2D eigenvalue weighted by atomic mass is 10.3. The molecular weight excluding hydrogens is 212 g/mol. The summed E-state index contributed by atoms with van der Waals surface area (Å²) in [7, 11) is 1.32. The smallest absolute Gasteiger partial charge is 0.305 e. The number of hydrogen-bond acceptors (Lipinski definition) is 4. The number of carbonyl (C=O) groups is 2. The maximum atomic E-state index is 11.4. The molecular formula is C11H12O3S. The molecule has 15 heavy (non-hydrogen) atoms. The van der Waals surface area contributed by atoms with Crippen LogP contribution in [0.25, 0.3) is 0 Å². The molecule has 4 heteroatoms. The average Bonchev–Trinajstić information content (AvgIpc) is 2.27. The number of rotatable bonds is 4. The molecule has 0 N–H and O–H groups in total. The molecule has 0 aliphatic heterocycles. The van der Waals surface area contributed by atoms with Crippen LogP contribution in [0, 0.1) is 0 Å². The third kappa shape index (κ3) is 4.65. The lowest BCUT2D eigenvalue weighted by Crippen LogP contribution is -2.02. The molecule has 0 radical (unpaired) electrons. The van der Waals surface area contributed by atoms with Crippen LogP contribution in [0.1, 0.15) is 12.8 Å². The van der Waals surface area contributed by atoms with E-state index in [1.165, 1.54) is 7.11 Å². The third-order valence-electron chi connectivity index (χ3n) is 1.74. The molecule has 0 saturated heterocycles. The van der Waals surface area contributed by atoms with Crippen molar-refractivity contribution in [3.63, 3.8) is 0 Å². The van der Waals surface area contributed by atoms with Crippen molar-refractivity contribution in [1.29, 1.82) is 0 Å². The predicted octanol–water partition coefficient (Wildman–Crippen LogP) is 2.26. The van der Waals surface area contributed by atoms with E-state index < -0.39 is 0 Å². The predicted molar refractivity (Wildman–Crippen MR) is 58.6 cm³/mol. The van der Waals surface area contributed by atoms with Gasteiger partial charge in [0.15, 0.2) is 5.12 Å². The van der Waals surface area contributed by atoms with E-state index in [0.29, 0.717) is 0 Å². The van der Waals surface area contributed by atoms with E-state index in [2.05, 4.69) is 4.74 Å². The minimum Gasteiger partial charge on any atom is -0.469 e. The first-order chi connectivity index (χ1) is 7.22. The van der Waals surface area contributed by atoms with Crippen molar-refractivity contribution in [2.75, 3.05) is 7.11 Å². The average molecular weight is 224 g/mol. The zero-order valence-corrected chi connectivity index (χ0v) is 9.25. The summed E-state index contributed by atoms with van der Waals surface area (Å²) in [5.41, 5.74) is 0. The lowest BCUT2D eigenvalue weighted by molar-refractivity contribution is -0.141. The van der Waals surface area contributed by atoms with Gasteiger partial charge >= 0.3 is 5.97 Å². The van der Waals surface area contributed by atoms with Gasteiger partial charge in [-0.25, -0.2) is 0 Å². The van der Waals surface area contributed by atoms with Gasteiger partial charge in [0.25, 0.3) is 0 Å². The molecule has 0 aromatic heterocycles. The topological polar surface area (TPSA) is 43.4 Å². The van der Waals surface area contributed by atoms with Gasteiger partial charge in [-0.15, -0.1) is 0 Å². The summed E-state index contributed by atoms with van der Waals surface area (Å²) in [5.74, 6) is -0.350. The fraction of sp³-hybridized carbons (Fsp3) is 0.273. The fourth-order valence-electron chi connectivity index (χ4n) is 0.977. The van der Waals surface area contributed by atoms with Gasteiger partial charge in [-0.1, -0.05) is 30.0 Å². The first kappa shape index (κ1) is 11.8. The zero-order valence-electron chi connectivity index (χ0n) is 8.43. The number of benzene rings is 1. The Labute approximate surface area is 92.8 Å². The van der Waals surface area contributed by atoms with Gasteiger partial charge in [0.05, 0.1) is 13.5 Å². The quantitative estimate of drug-likeness (QED) is 0.581. The van der Waals surface area contributed by atoms with E-state index in [1.807, 2.05) is 30.3 Å². The van der Waals surface area contributed by atoms with E-state index >= 15 is 0 Å². The number of thioether (sulfide) groups is 1. The Bertz CT molecular complexity index is 335. The fourth-order valence-corrected chi connectivity index (χ4v) is 1.74. The Kier molecular flexibility index (Phi) is 4.90. The summed E-state index contributed by atoms with van der Waals surface area (Å²) in [6.07, 6.45) is 0.363. The van der Waals surface area contributed by atoms with Gasteiger partial charge in [0.2, 0.25) is 0 Å². The lowest BCUT2D eigenvalue weighted by Gasteiger charge is -1.99. The van der Waals surface area contributed by atoms with Gasteiger partial charge in [0.1, 0.15) is 0 Å². The van der Waals surface area contributed by atoms with Crippen molar-refractivity contribution >= 4 is 22.8 Å². The van der Waals surface area contributed by atoms with Crippen molar-refractivity contribution in [3.8, 4) is 0 Å². The van der Waals surface area contributed by atoms with Crippen LogP contribution in [-0.2, 0) is 14.3 Å². The highest BCUT2D eigenvalue weighted by molar-refractivity contribution is 8.13. The highest BCUT2D eigenvalue weighted by Crippen LogP contribution is 2.19. The normalized spacial score (nSPS) is 9.67. The van der Waals surface area contributed by atoms with Crippen molar-refractivity contribution in [3.05, 3.63) is 30.3 Å². The van der Waals surface area contributed by atoms with Crippen LogP contribution >= 0.6 is 11.8 Å². The maximum absolute atomic E-state index is 11.4. The second kappa shape index (κ2) is 6.24. The van der Waals surface area contributed by atoms with Gasteiger partial charge in [-0.3, -0.25) is 9.59 Å². The molecule has 0 amide bonds. The Balaban J connectivity index is 2.34. The molecule has 0 saturated carbocycles. The molecule has 0 heterocycles. The van der Waals surface area contributed by atoms with Crippen molar-refractivity contribution in [2.24, 2.45) is 0 Å². The van der Waals surface area contributed by atoms with E-state index in [0.717, 1.165) is 16.7 Å². The largest absolute Gasteiger partial charge is 0.469 e. The molecule has 1 rings (SSSR count). The molecule has 3 nitrogen and oxygen atoms in total. The monoisotopic (exact) mass is 224 g/mol. The summed E-state index contributed by atoms with van der Waals surface area (Å²) in [6, 6.07) is 9.36. The van der Waals surface area contributed by atoms with Gasteiger partial charge < -0.3 is 4.74 Å². The Morgan fingerprint density at radius 3 is 2.47 bits per heavy atom. The standard InChI is InChI=1S/C11H12O3S/c1-14-10(12)7-8-11(13)15-9-5-3-2-4-6-9/h2-6H,7-8H2,1H3. The minimum atomic E-state index is -0.350. The first-order valence-electron chi connectivity index (χ1n) is 4.55. The van der Waals surface area contributed by atoms with Crippen LogP contribution in [0.2, 0.25) is 0 Å². The second-order valence-corrected chi connectivity index (χ2v) is 3.99. The van der Waals surface area contributed by atoms with Crippen LogP contribution in [0.5, 0.6) is 0 Å². The van der Waals surface area contributed by atoms with Crippen LogP contribution in [0.3, 0.4) is 0 Å². The maximum Gasteiger partial charge on any atom is 0.305 e. The van der Waals surface area contributed by atoms with Crippen LogP contribution < -0.4 is 0 Å². The number of hydrogen-bond donors (Lipinski definition) is 0. The van der Waals surface area contributed by atoms with Crippen molar-refractivity contribution in [1.82, 2.24) is 0 Å². The zero-order chi connectivity index (χ0) is 11.1. The van der Waals surface area contributed by atoms with Crippen LogP contribution in [0.4, 0.5) is 0 Å². The molecule has 0 bridgehead atoms. The summed E-state index contributed by atoms with van der Waals surface area (Å²) < 4.78 is 4.45. The summed E-state index contributed by atoms with van der Waals surface area (Å²) >= 11 is 1.15. The molecule has 0 aliphatic rings. The molecule has 80 valence electrons. The number of carbonyl (C=O) groups excluding carboxylic acids is 2. The highest BCUT2D eigenvalue weighted by Gasteiger charge is 2.08. The summed E-state index contributed by atoms with van der Waals surface area (Å²) in [5, 5.41) is -0.0217. The number of ether oxygens (including phenoxy) is 1. The number of esters is 1. The Morgan fingerprint density at radius 2 is 1.87 bits per heavy atom. The van der Waals surface area contributed by atoms with Crippen LogP contribution in [-0.4, -0.2) is 18.2 Å². The van der Waals surface area contributed by atoms with Gasteiger partial charge in [-0.05, 0) is 12.1 Å². The minimum absolute atomic E-state index is 0.0217. The van der Waals surface area contributed by atoms with Gasteiger partial charge in [0, 0.05) is 11.3 Å². The Hall–Kier alpha value is -1.29. The summed E-state index contributed by atoms with van der Waals surface area (Å²) in [4.78, 5) is 23.1. The SMILES string of the molecule is COC(=O)CCC(=O)Sc1ccccc1. The molecule has 0 atom stereocenters. The molecule has 1 aromatic rings. The Morgan fingerprint density at radius 1 is 1.20 bits per heavy atom. The van der Waals surface area contributed by atoms with E-state index in [-0.39, 0.29) is 23.9 Å². The molecule has 0 spiro atoms. The van der Waals surface area contributed by atoms with Crippen molar-refractivity contribution < 1.29 is 14.3 Å². The second-order valence-electron chi connectivity index (χ2n) is 2.86. The highest BCUT2D eigenvalue weighted by atomic mass is 32.2. The first-order valence-corrected chi connectivity index (χ1v) is 5.36. The van der Waals surface area contributed by atoms with E-state index in [9.17, 15) is 9.59 Å². The van der Waals surface area contributed by atoms with E-state index in [4.69, 9.17) is 0 Å².